The summed E-state index contributed by atoms with van der Waals surface area (Å²) in [4.78, 5) is 29.7. The van der Waals surface area contributed by atoms with Gasteiger partial charge in [0.25, 0.3) is 0 Å². The molecule has 1 aromatic rings. The number of carbonyl (C=O) groups excluding carboxylic acids is 2. The van der Waals surface area contributed by atoms with Gasteiger partial charge in [-0.2, -0.15) is 0 Å². The topological polar surface area (TPSA) is 61.9 Å². The first-order chi connectivity index (χ1) is 15.4. The van der Waals surface area contributed by atoms with Gasteiger partial charge in [-0.15, -0.1) is 0 Å². The molecule has 1 aromatic carbocycles. The second-order valence-electron chi connectivity index (χ2n) is 9.51. The molecule has 1 saturated carbocycles. The highest BCUT2D eigenvalue weighted by Crippen LogP contribution is 2.33. The number of benzene rings is 1. The molecule has 8 heteroatoms. The van der Waals surface area contributed by atoms with Crippen molar-refractivity contribution < 1.29 is 14.3 Å². The van der Waals surface area contributed by atoms with Gasteiger partial charge in [0.15, 0.2) is 0 Å². The van der Waals surface area contributed by atoms with E-state index in [4.69, 9.17) is 27.9 Å². The minimum absolute atomic E-state index is 0.0664. The molecular weight excluding hydrogens is 449 g/mol. The molecule has 0 aromatic heterocycles. The van der Waals surface area contributed by atoms with Crippen LogP contribution in [0.25, 0.3) is 0 Å². The fourth-order valence-electron chi connectivity index (χ4n) is 5.21. The van der Waals surface area contributed by atoms with Gasteiger partial charge in [0.2, 0.25) is 11.8 Å². The number of ether oxygens (including phenoxy) is 1. The fourth-order valence-corrected chi connectivity index (χ4v) is 5.67. The van der Waals surface area contributed by atoms with Crippen molar-refractivity contribution >= 4 is 40.7 Å². The molecule has 0 spiro atoms. The Balaban J connectivity index is 1.36. The number of hydrogen-bond donors (Lipinski definition) is 1. The van der Waals surface area contributed by atoms with Crippen molar-refractivity contribution in [1.29, 1.82) is 0 Å². The monoisotopic (exact) mass is 481 g/mol. The molecule has 0 unspecified atom stereocenters. The van der Waals surface area contributed by atoms with Gasteiger partial charge in [-0.05, 0) is 49.8 Å². The van der Waals surface area contributed by atoms with E-state index >= 15 is 0 Å². The van der Waals surface area contributed by atoms with E-state index in [0.29, 0.717) is 41.2 Å². The van der Waals surface area contributed by atoms with Crippen LogP contribution in [0.5, 0.6) is 0 Å². The van der Waals surface area contributed by atoms with E-state index in [1.54, 1.807) is 6.07 Å². The summed E-state index contributed by atoms with van der Waals surface area (Å²) in [5.41, 5.74) is 1.45. The van der Waals surface area contributed by atoms with Gasteiger partial charge in [-0.3, -0.25) is 14.5 Å². The zero-order chi connectivity index (χ0) is 22.7. The average molecular weight is 482 g/mol. The van der Waals surface area contributed by atoms with Gasteiger partial charge in [0, 0.05) is 62.8 Å². The van der Waals surface area contributed by atoms with E-state index in [1.165, 1.54) is 12.8 Å². The molecule has 3 aliphatic rings. The molecule has 176 valence electrons. The molecule has 0 bridgehead atoms. The summed E-state index contributed by atoms with van der Waals surface area (Å²) >= 11 is 13.0. The Kier molecular flexibility index (Phi) is 7.98. The summed E-state index contributed by atoms with van der Waals surface area (Å²) in [6.07, 6.45) is 5.75. The number of amides is 2. The van der Waals surface area contributed by atoms with E-state index in [9.17, 15) is 9.59 Å². The Labute approximate surface area is 200 Å². The third kappa shape index (κ3) is 5.77. The lowest BCUT2D eigenvalue weighted by molar-refractivity contribution is -0.140. The van der Waals surface area contributed by atoms with E-state index in [-0.39, 0.29) is 23.8 Å². The smallest absolute Gasteiger partial charge is 0.226 e. The molecule has 6 nitrogen and oxygen atoms in total. The van der Waals surface area contributed by atoms with Gasteiger partial charge in [0.05, 0.1) is 10.7 Å². The van der Waals surface area contributed by atoms with Crippen molar-refractivity contribution in [2.24, 2.45) is 11.8 Å². The van der Waals surface area contributed by atoms with Gasteiger partial charge in [-0.25, -0.2) is 0 Å². The first kappa shape index (κ1) is 23.8. The Morgan fingerprint density at radius 2 is 1.94 bits per heavy atom. The Morgan fingerprint density at radius 3 is 2.62 bits per heavy atom. The summed E-state index contributed by atoms with van der Waals surface area (Å²) in [5, 5.41) is 4.01. The number of nitrogens with one attached hydrogen (secondary N) is 1. The summed E-state index contributed by atoms with van der Waals surface area (Å²) in [5.74, 6) is 0.738. The standard InChI is InChI=1S/C24H33Cl2N3O3/c1-16-13-28(7-8-29(16)24(31)18-4-2-3-5-18)14-19-11-20(25)12-21(23(19)26)27-22(30)10-17-6-9-32-15-17/h11-12,16-18H,2-10,13-15H2,1H3,(H,27,30)/t16-,17-/m0/s1. The number of halogens is 2. The van der Waals surface area contributed by atoms with E-state index < -0.39 is 0 Å². The number of anilines is 1. The second-order valence-corrected chi connectivity index (χ2v) is 10.3. The summed E-state index contributed by atoms with van der Waals surface area (Å²) < 4.78 is 5.36. The van der Waals surface area contributed by atoms with Gasteiger partial charge < -0.3 is 15.0 Å². The van der Waals surface area contributed by atoms with Crippen LogP contribution in [-0.2, 0) is 20.9 Å². The normalized spacial score (nSPS) is 24.8. The van der Waals surface area contributed by atoms with Crippen LogP contribution >= 0.6 is 23.2 Å². The second kappa shape index (κ2) is 10.7. The van der Waals surface area contributed by atoms with Crippen LogP contribution in [0.3, 0.4) is 0 Å². The minimum atomic E-state index is -0.0664. The highest BCUT2D eigenvalue weighted by Gasteiger charge is 2.33. The molecule has 4 rings (SSSR count). The number of hydrogen-bond acceptors (Lipinski definition) is 4. The lowest BCUT2D eigenvalue weighted by Crippen LogP contribution is -2.54. The highest BCUT2D eigenvalue weighted by molar-refractivity contribution is 6.36. The van der Waals surface area contributed by atoms with Crippen LogP contribution in [0.1, 0.15) is 51.0 Å². The quantitative estimate of drug-likeness (QED) is 0.645. The average Bonchev–Trinajstić information content (AvgIpc) is 3.45. The molecule has 0 radical (unpaired) electrons. The lowest BCUT2D eigenvalue weighted by atomic mass is 10.0. The number of nitrogens with zero attached hydrogens (tertiary/aromatic N) is 2. The molecule has 2 saturated heterocycles. The third-order valence-electron chi connectivity index (χ3n) is 6.98. The maximum atomic E-state index is 12.9. The van der Waals surface area contributed by atoms with Gasteiger partial charge >= 0.3 is 0 Å². The maximum absolute atomic E-state index is 12.9. The van der Waals surface area contributed by atoms with Gasteiger partial charge in [-0.1, -0.05) is 36.0 Å². The van der Waals surface area contributed by atoms with Crippen LogP contribution in [0.15, 0.2) is 12.1 Å². The molecule has 3 fully saturated rings. The molecule has 1 aliphatic carbocycles. The summed E-state index contributed by atoms with van der Waals surface area (Å²) in [6, 6.07) is 3.74. The lowest BCUT2D eigenvalue weighted by Gasteiger charge is -2.41. The van der Waals surface area contributed by atoms with E-state index in [1.807, 2.05) is 6.07 Å². The zero-order valence-electron chi connectivity index (χ0n) is 18.7. The van der Waals surface area contributed by atoms with Crippen molar-refractivity contribution in [2.45, 2.75) is 58.0 Å². The maximum Gasteiger partial charge on any atom is 0.226 e. The summed E-state index contributed by atoms with van der Waals surface area (Å²) in [6.45, 7) is 6.44. The van der Waals surface area contributed by atoms with Crippen LogP contribution in [0.2, 0.25) is 10.0 Å². The summed E-state index contributed by atoms with van der Waals surface area (Å²) in [7, 11) is 0. The molecular formula is C24H33Cl2N3O3. The predicted molar refractivity (Wildman–Crippen MR) is 127 cm³/mol. The first-order valence-electron chi connectivity index (χ1n) is 11.8. The third-order valence-corrected chi connectivity index (χ3v) is 7.64. The van der Waals surface area contributed by atoms with E-state index in [2.05, 4.69) is 22.0 Å². The zero-order valence-corrected chi connectivity index (χ0v) is 20.3. The SMILES string of the molecule is C[C@H]1CN(Cc2cc(Cl)cc(NC(=O)C[C@@H]3CCOC3)c2Cl)CCN1C(=O)C1CCCC1. The molecule has 2 atom stereocenters. The Hall–Kier alpha value is -1.34. The largest absolute Gasteiger partial charge is 0.381 e. The van der Waals surface area contributed by atoms with Crippen LogP contribution in [0, 0.1) is 11.8 Å². The number of rotatable bonds is 6. The molecule has 2 heterocycles. The minimum Gasteiger partial charge on any atom is -0.381 e. The van der Waals surface area contributed by atoms with Crippen molar-refractivity contribution in [2.75, 3.05) is 38.2 Å². The fraction of sp³-hybridized carbons (Fsp3) is 0.667. The number of carbonyl (C=O) groups is 2. The van der Waals surface area contributed by atoms with Crippen molar-refractivity contribution in [3.8, 4) is 0 Å². The van der Waals surface area contributed by atoms with Crippen molar-refractivity contribution in [3.63, 3.8) is 0 Å². The molecule has 2 amide bonds. The highest BCUT2D eigenvalue weighted by atomic mass is 35.5. The van der Waals surface area contributed by atoms with Crippen molar-refractivity contribution in [3.05, 3.63) is 27.7 Å². The Bertz CT molecular complexity index is 838. The van der Waals surface area contributed by atoms with Gasteiger partial charge in [0.1, 0.15) is 0 Å². The molecule has 1 N–H and O–H groups in total. The van der Waals surface area contributed by atoms with E-state index in [0.717, 1.165) is 51.1 Å². The Morgan fingerprint density at radius 1 is 1.16 bits per heavy atom. The van der Waals surface area contributed by atoms with Crippen LogP contribution < -0.4 is 5.32 Å². The van der Waals surface area contributed by atoms with Crippen LogP contribution in [-0.4, -0.2) is 60.5 Å². The molecule has 2 aliphatic heterocycles. The predicted octanol–water partition coefficient (Wildman–Crippen LogP) is 4.58. The first-order valence-corrected chi connectivity index (χ1v) is 12.5. The van der Waals surface area contributed by atoms with Crippen molar-refractivity contribution in [1.82, 2.24) is 9.80 Å². The molecule has 32 heavy (non-hydrogen) atoms. The van der Waals surface area contributed by atoms with Crippen LogP contribution in [0.4, 0.5) is 5.69 Å². The number of piperazine rings is 1.